The Hall–Kier alpha value is -3.48. The molecule has 0 aliphatic heterocycles. The Morgan fingerprint density at radius 2 is 1.61 bits per heavy atom. The molecular formula is C25H24N2O4. The topological polar surface area (TPSA) is 73.6 Å². The molecule has 1 heterocycles. The maximum Gasteiger partial charge on any atom is 0.274 e. The second kappa shape index (κ2) is 9.55. The van der Waals surface area contributed by atoms with Crippen LogP contribution in [0.5, 0.6) is 5.75 Å². The number of para-hydroxylation sites is 1. The van der Waals surface area contributed by atoms with E-state index < -0.39 is 6.10 Å². The minimum atomic E-state index is -0.885. The zero-order chi connectivity index (χ0) is 21.6. The molecule has 6 nitrogen and oxygen atoms in total. The maximum atomic E-state index is 13.0. The molecular weight excluding hydrogens is 392 g/mol. The summed E-state index contributed by atoms with van der Waals surface area (Å²) in [5, 5.41) is 16.4. The molecule has 0 amide bonds. The van der Waals surface area contributed by atoms with Crippen molar-refractivity contribution >= 4 is 10.8 Å². The molecule has 4 rings (SSSR count). The molecule has 0 radical (unpaired) electrons. The summed E-state index contributed by atoms with van der Waals surface area (Å²) < 4.78 is 12.3. The summed E-state index contributed by atoms with van der Waals surface area (Å²) in [6.45, 7) is 0.408. The summed E-state index contributed by atoms with van der Waals surface area (Å²) in [6.07, 6.45) is -0.885. The van der Waals surface area contributed by atoms with Gasteiger partial charge in [-0.25, -0.2) is 4.68 Å². The van der Waals surface area contributed by atoms with Crippen LogP contribution in [0, 0.1) is 0 Å². The average Bonchev–Trinajstić information content (AvgIpc) is 2.82. The van der Waals surface area contributed by atoms with Crippen LogP contribution in [-0.4, -0.2) is 34.7 Å². The van der Waals surface area contributed by atoms with Gasteiger partial charge in [-0.2, -0.15) is 5.10 Å². The molecule has 4 aromatic rings. The van der Waals surface area contributed by atoms with E-state index in [2.05, 4.69) is 5.10 Å². The number of rotatable bonds is 8. The number of aliphatic hydroxyl groups excluding tert-OH is 1. The lowest BCUT2D eigenvalue weighted by atomic mass is 10.1. The molecule has 0 aliphatic carbocycles. The van der Waals surface area contributed by atoms with Crippen LogP contribution < -0.4 is 10.3 Å². The Labute approximate surface area is 180 Å². The molecule has 6 heteroatoms. The zero-order valence-corrected chi connectivity index (χ0v) is 17.3. The normalized spacial score (nSPS) is 12.1. The Kier molecular flexibility index (Phi) is 6.40. The van der Waals surface area contributed by atoms with Gasteiger partial charge in [-0.15, -0.1) is 0 Å². The summed E-state index contributed by atoms with van der Waals surface area (Å²) in [7, 11) is 1.61. The third kappa shape index (κ3) is 4.66. The van der Waals surface area contributed by atoms with Crippen LogP contribution in [-0.2, 0) is 17.9 Å². The highest BCUT2D eigenvalue weighted by atomic mass is 16.5. The van der Waals surface area contributed by atoms with Crippen LogP contribution >= 0.6 is 0 Å². The fourth-order valence-corrected chi connectivity index (χ4v) is 3.55. The minimum absolute atomic E-state index is 0.0371. The molecule has 1 atom stereocenters. The number of fused-ring (bicyclic) bond motifs is 1. The molecule has 158 valence electrons. The van der Waals surface area contributed by atoms with Gasteiger partial charge in [-0.1, -0.05) is 66.7 Å². The lowest BCUT2D eigenvalue weighted by Crippen LogP contribution is -2.31. The number of aliphatic hydroxyl groups is 1. The largest absolute Gasteiger partial charge is 0.496 e. The lowest BCUT2D eigenvalue weighted by Gasteiger charge is -2.15. The van der Waals surface area contributed by atoms with Crippen molar-refractivity contribution < 1.29 is 14.6 Å². The molecule has 3 aromatic carbocycles. The van der Waals surface area contributed by atoms with Crippen molar-refractivity contribution in [3.05, 3.63) is 94.8 Å². The van der Waals surface area contributed by atoms with Gasteiger partial charge in [-0.05, 0) is 12.1 Å². The molecule has 0 saturated heterocycles. The van der Waals surface area contributed by atoms with E-state index in [1.807, 2.05) is 72.8 Å². The first-order valence-electron chi connectivity index (χ1n) is 10.1. The standard InChI is InChI=1S/C25H24N2O4/c1-30-23-14-8-5-11-19(23)16-31-17-20(28)15-27-25(29)22-13-7-6-12-21(22)24(26-27)18-9-3-2-4-10-18/h2-14,20,28H,15-17H2,1H3. The van der Waals surface area contributed by atoms with Crippen LogP contribution in [0.15, 0.2) is 83.7 Å². The van der Waals surface area contributed by atoms with Crippen molar-refractivity contribution in [3.63, 3.8) is 0 Å². The predicted octanol–water partition coefficient (Wildman–Crippen LogP) is 3.65. The van der Waals surface area contributed by atoms with Gasteiger partial charge in [-0.3, -0.25) is 4.79 Å². The van der Waals surface area contributed by atoms with Gasteiger partial charge in [0.1, 0.15) is 5.75 Å². The van der Waals surface area contributed by atoms with E-state index in [1.165, 1.54) is 4.68 Å². The third-order valence-electron chi connectivity index (χ3n) is 5.06. The summed E-state index contributed by atoms with van der Waals surface area (Å²) >= 11 is 0. The highest BCUT2D eigenvalue weighted by molar-refractivity contribution is 5.93. The maximum absolute atomic E-state index is 13.0. The SMILES string of the molecule is COc1ccccc1COCC(O)Cn1nc(-c2ccccc2)c2ccccc2c1=O. The van der Waals surface area contributed by atoms with Crippen LogP contribution in [0.4, 0.5) is 0 Å². The third-order valence-corrected chi connectivity index (χ3v) is 5.06. The van der Waals surface area contributed by atoms with Crippen molar-refractivity contribution in [3.8, 4) is 17.0 Å². The van der Waals surface area contributed by atoms with Gasteiger partial charge in [0.2, 0.25) is 0 Å². The zero-order valence-electron chi connectivity index (χ0n) is 17.3. The van der Waals surface area contributed by atoms with Crippen molar-refractivity contribution in [2.24, 2.45) is 0 Å². The number of hydrogen-bond donors (Lipinski definition) is 1. The van der Waals surface area contributed by atoms with E-state index in [-0.39, 0.29) is 18.7 Å². The Bertz CT molecular complexity index is 1220. The quantitative estimate of drug-likeness (QED) is 0.475. The predicted molar refractivity (Wildman–Crippen MR) is 120 cm³/mol. The molecule has 31 heavy (non-hydrogen) atoms. The Morgan fingerprint density at radius 1 is 0.935 bits per heavy atom. The Morgan fingerprint density at radius 3 is 2.39 bits per heavy atom. The van der Waals surface area contributed by atoms with Crippen LogP contribution in [0.1, 0.15) is 5.56 Å². The Balaban J connectivity index is 1.54. The summed E-state index contributed by atoms with van der Waals surface area (Å²) in [4.78, 5) is 13.0. The number of nitrogens with zero attached hydrogens (tertiary/aromatic N) is 2. The van der Waals surface area contributed by atoms with Gasteiger partial charge in [0, 0.05) is 16.5 Å². The van der Waals surface area contributed by atoms with Gasteiger partial charge < -0.3 is 14.6 Å². The van der Waals surface area contributed by atoms with E-state index in [0.717, 1.165) is 22.3 Å². The molecule has 0 bridgehead atoms. The van der Waals surface area contributed by atoms with E-state index in [1.54, 1.807) is 13.2 Å². The fourth-order valence-electron chi connectivity index (χ4n) is 3.55. The highest BCUT2D eigenvalue weighted by Crippen LogP contribution is 2.24. The van der Waals surface area contributed by atoms with Crippen molar-refractivity contribution in [1.82, 2.24) is 9.78 Å². The molecule has 0 aliphatic rings. The van der Waals surface area contributed by atoms with Gasteiger partial charge in [0.15, 0.2) is 0 Å². The number of ether oxygens (including phenoxy) is 2. The number of hydrogen-bond acceptors (Lipinski definition) is 5. The van der Waals surface area contributed by atoms with E-state index in [0.29, 0.717) is 17.7 Å². The minimum Gasteiger partial charge on any atom is -0.496 e. The lowest BCUT2D eigenvalue weighted by molar-refractivity contribution is 0.0176. The first kappa shape index (κ1) is 20.8. The van der Waals surface area contributed by atoms with Crippen molar-refractivity contribution in [1.29, 1.82) is 0 Å². The second-order valence-corrected chi connectivity index (χ2v) is 7.23. The fraction of sp³-hybridized carbons (Fsp3) is 0.200. The first-order valence-corrected chi connectivity index (χ1v) is 10.1. The molecule has 0 spiro atoms. The van der Waals surface area contributed by atoms with E-state index in [9.17, 15) is 9.90 Å². The second-order valence-electron chi connectivity index (χ2n) is 7.23. The van der Waals surface area contributed by atoms with Crippen LogP contribution in [0.2, 0.25) is 0 Å². The molecule has 0 saturated carbocycles. The smallest absolute Gasteiger partial charge is 0.274 e. The molecule has 0 fully saturated rings. The molecule has 1 unspecified atom stereocenters. The molecule has 1 aromatic heterocycles. The van der Waals surface area contributed by atoms with Gasteiger partial charge >= 0.3 is 0 Å². The average molecular weight is 416 g/mol. The highest BCUT2D eigenvalue weighted by Gasteiger charge is 2.15. The van der Waals surface area contributed by atoms with E-state index >= 15 is 0 Å². The van der Waals surface area contributed by atoms with Crippen LogP contribution in [0.25, 0.3) is 22.0 Å². The van der Waals surface area contributed by atoms with Crippen molar-refractivity contribution in [2.75, 3.05) is 13.7 Å². The number of aromatic nitrogens is 2. The van der Waals surface area contributed by atoms with E-state index in [4.69, 9.17) is 9.47 Å². The monoisotopic (exact) mass is 416 g/mol. The summed E-state index contributed by atoms with van der Waals surface area (Å²) in [5.74, 6) is 0.733. The first-order chi connectivity index (χ1) is 15.2. The molecule has 1 N–H and O–H groups in total. The van der Waals surface area contributed by atoms with Gasteiger partial charge in [0.05, 0.1) is 44.1 Å². The van der Waals surface area contributed by atoms with Crippen LogP contribution in [0.3, 0.4) is 0 Å². The number of methoxy groups -OCH3 is 1. The van der Waals surface area contributed by atoms with Gasteiger partial charge in [0.25, 0.3) is 5.56 Å². The van der Waals surface area contributed by atoms with Crippen molar-refractivity contribution in [2.45, 2.75) is 19.3 Å². The summed E-state index contributed by atoms with van der Waals surface area (Å²) in [5.41, 5.74) is 2.27. The summed E-state index contributed by atoms with van der Waals surface area (Å²) in [6, 6.07) is 24.7. The number of benzene rings is 3.